The Balaban J connectivity index is 1.49. The highest BCUT2D eigenvalue weighted by Crippen LogP contribution is 2.49. The summed E-state index contributed by atoms with van der Waals surface area (Å²) >= 11 is 6.23. The van der Waals surface area contributed by atoms with Crippen molar-refractivity contribution >= 4 is 23.5 Å². The van der Waals surface area contributed by atoms with Crippen molar-refractivity contribution in [2.24, 2.45) is 7.05 Å². The smallest absolute Gasteiger partial charge is 0.323 e. The zero-order valence-corrected chi connectivity index (χ0v) is 13.8. The molecule has 1 saturated heterocycles. The maximum atomic E-state index is 12.7. The molecule has 1 aliphatic carbocycles. The summed E-state index contributed by atoms with van der Waals surface area (Å²) in [4.78, 5) is 30.2. The molecular formula is C16H16ClN5O2. The van der Waals surface area contributed by atoms with Gasteiger partial charge in [-0.3, -0.25) is 14.4 Å². The van der Waals surface area contributed by atoms with Crippen molar-refractivity contribution in [1.82, 2.24) is 25.0 Å². The predicted molar refractivity (Wildman–Crippen MR) is 86.2 cm³/mol. The molecule has 2 fully saturated rings. The van der Waals surface area contributed by atoms with Crippen molar-refractivity contribution < 1.29 is 9.59 Å². The highest BCUT2D eigenvalue weighted by molar-refractivity contribution is 6.31. The number of carbonyl (C=O) groups is 2. The molecule has 24 heavy (non-hydrogen) atoms. The molecule has 124 valence electrons. The third kappa shape index (κ3) is 2.27. The lowest BCUT2D eigenvalue weighted by Gasteiger charge is -2.43. The van der Waals surface area contributed by atoms with E-state index in [0.29, 0.717) is 23.7 Å². The number of amides is 3. The van der Waals surface area contributed by atoms with Gasteiger partial charge < -0.3 is 5.32 Å². The molecule has 1 N–H and O–H groups in total. The number of carbonyl (C=O) groups excluding carboxylic acids is 2. The normalized spacial score (nSPS) is 25.9. The molecule has 2 heterocycles. The fraction of sp³-hybridized carbons (Fsp3) is 0.375. The topological polar surface area (TPSA) is 80.1 Å². The van der Waals surface area contributed by atoms with Gasteiger partial charge in [0.25, 0.3) is 5.91 Å². The minimum atomic E-state index is -0.810. The van der Waals surface area contributed by atoms with E-state index in [-0.39, 0.29) is 24.4 Å². The zero-order chi connectivity index (χ0) is 16.9. The summed E-state index contributed by atoms with van der Waals surface area (Å²) in [5.74, 6) is 0.416. The number of hydrogen-bond donors (Lipinski definition) is 1. The molecule has 4 rings (SSSR count). The Morgan fingerprint density at radius 2 is 2.08 bits per heavy atom. The molecule has 2 aliphatic rings. The van der Waals surface area contributed by atoms with Crippen LogP contribution in [0.1, 0.15) is 30.1 Å². The van der Waals surface area contributed by atoms with E-state index in [2.05, 4.69) is 15.4 Å². The number of benzene rings is 1. The number of urea groups is 1. The second kappa shape index (κ2) is 5.31. The van der Waals surface area contributed by atoms with Gasteiger partial charge in [0.1, 0.15) is 11.9 Å². The molecule has 1 aromatic carbocycles. The van der Waals surface area contributed by atoms with Gasteiger partial charge in [0.15, 0.2) is 5.82 Å². The Bertz CT molecular complexity index is 827. The molecule has 8 heteroatoms. The summed E-state index contributed by atoms with van der Waals surface area (Å²) in [6.07, 6.45) is 2.67. The first-order chi connectivity index (χ1) is 11.5. The van der Waals surface area contributed by atoms with Gasteiger partial charge in [-0.25, -0.2) is 9.78 Å². The van der Waals surface area contributed by atoms with E-state index in [1.807, 2.05) is 24.3 Å². The van der Waals surface area contributed by atoms with E-state index < -0.39 is 5.54 Å². The van der Waals surface area contributed by atoms with Crippen LogP contribution in [0.4, 0.5) is 4.79 Å². The average molecular weight is 346 g/mol. The number of nitrogens with one attached hydrogen (secondary N) is 1. The third-order valence-corrected chi connectivity index (χ3v) is 5.07. The van der Waals surface area contributed by atoms with Crippen LogP contribution < -0.4 is 5.32 Å². The van der Waals surface area contributed by atoms with Crippen LogP contribution in [-0.2, 0) is 18.4 Å². The number of imide groups is 1. The van der Waals surface area contributed by atoms with E-state index >= 15 is 0 Å². The van der Waals surface area contributed by atoms with Crippen LogP contribution >= 0.6 is 11.6 Å². The largest absolute Gasteiger partial charge is 0.325 e. The minimum Gasteiger partial charge on any atom is -0.323 e. The SMILES string of the molecule is Cn1cnc(CN2C(=O)N[C@]3(C[C@@H](c4ccccc4Cl)C3)C2=O)n1. The first kappa shape index (κ1) is 15.1. The zero-order valence-electron chi connectivity index (χ0n) is 13.1. The summed E-state index contributed by atoms with van der Waals surface area (Å²) in [7, 11) is 1.74. The van der Waals surface area contributed by atoms with Crippen molar-refractivity contribution in [1.29, 1.82) is 0 Å². The summed E-state index contributed by atoms with van der Waals surface area (Å²) in [6, 6.07) is 7.24. The molecule has 3 amide bonds. The van der Waals surface area contributed by atoms with Gasteiger partial charge in [-0.2, -0.15) is 5.10 Å². The standard InChI is InChI=1S/C16H16ClN5O2/c1-21-9-18-13(20-21)8-22-14(23)16(19-15(22)24)6-10(7-16)11-4-2-3-5-12(11)17/h2-5,9-10H,6-8H2,1H3,(H,19,24)/t10-,16+. The lowest BCUT2D eigenvalue weighted by molar-refractivity contribution is -0.135. The van der Waals surface area contributed by atoms with Crippen LogP contribution in [0.15, 0.2) is 30.6 Å². The molecule has 1 saturated carbocycles. The van der Waals surface area contributed by atoms with Crippen LogP contribution in [0.5, 0.6) is 0 Å². The van der Waals surface area contributed by atoms with Crippen molar-refractivity contribution in [3.63, 3.8) is 0 Å². The Labute approximate surface area is 143 Å². The fourth-order valence-electron chi connectivity index (χ4n) is 3.50. The Kier molecular flexibility index (Phi) is 3.35. The molecule has 1 aromatic heterocycles. The van der Waals surface area contributed by atoms with Crippen molar-refractivity contribution in [3.8, 4) is 0 Å². The van der Waals surface area contributed by atoms with Crippen LogP contribution in [0, 0.1) is 0 Å². The summed E-state index contributed by atoms with van der Waals surface area (Å²) in [6.45, 7) is 0.0873. The van der Waals surface area contributed by atoms with Crippen LogP contribution in [0.2, 0.25) is 5.02 Å². The van der Waals surface area contributed by atoms with E-state index in [4.69, 9.17) is 11.6 Å². The number of rotatable bonds is 3. The number of aromatic nitrogens is 3. The second-order valence-corrected chi connectivity index (χ2v) is 6.77. The minimum absolute atomic E-state index is 0.0873. The molecule has 0 bridgehead atoms. The Morgan fingerprint density at radius 1 is 1.33 bits per heavy atom. The number of nitrogens with zero attached hydrogens (tertiary/aromatic N) is 4. The molecule has 0 unspecified atom stereocenters. The average Bonchev–Trinajstić information content (AvgIpc) is 3.03. The molecule has 1 spiro atoms. The van der Waals surface area contributed by atoms with Gasteiger partial charge in [0.05, 0.1) is 6.54 Å². The monoisotopic (exact) mass is 345 g/mol. The molecule has 0 atom stereocenters. The van der Waals surface area contributed by atoms with Gasteiger partial charge in [-0.15, -0.1) is 0 Å². The van der Waals surface area contributed by atoms with E-state index in [1.54, 1.807) is 18.1 Å². The number of hydrogen-bond acceptors (Lipinski definition) is 4. The van der Waals surface area contributed by atoms with Crippen molar-refractivity contribution in [2.75, 3.05) is 0 Å². The highest BCUT2D eigenvalue weighted by Gasteiger charge is 2.59. The lowest BCUT2D eigenvalue weighted by atomic mass is 9.65. The van der Waals surface area contributed by atoms with Crippen LogP contribution in [0.3, 0.4) is 0 Å². The van der Waals surface area contributed by atoms with Gasteiger partial charge in [0, 0.05) is 12.1 Å². The van der Waals surface area contributed by atoms with E-state index in [1.165, 1.54) is 4.90 Å². The van der Waals surface area contributed by atoms with Crippen LogP contribution in [-0.4, -0.2) is 37.1 Å². The van der Waals surface area contributed by atoms with E-state index in [9.17, 15) is 9.59 Å². The molecule has 7 nitrogen and oxygen atoms in total. The quantitative estimate of drug-likeness (QED) is 0.861. The maximum Gasteiger partial charge on any atom is 0.325 e. The van der Waals surface area contributed by atoms with Gasteiger partial charge in [-0.1, -0.05) is 29.8 Å². The first-order valence-corrected chi connectivity index (χ1v) is 8.09. The lowest BCUT2D eigenvalue weighted by Crippen LogP contribution is -2.56. The van der Waals surface area contributed by atoms with Gasteiger partial charge >= 0.3 is 6.03 Å². The Hall–Kier alpha value is -2.41. The number of halogens is 1. The van der Waals surface area contributed by atoms with E-state index in [0.717, 1.165) is 5.56 Å². The maximum absolute atomic E-state index is 12.7. The van der Waals surface area contributed by atoms with Gasteiger partial charge in [0.2, 0.25) is 0 Å². The van der Waals surface area contributed by atoms with Crippen molar-refractivity contribution in [2.45, 2.75) is 30.8 Å². The summed E-state index contributed by atoms with van der Waals surface area (Å²) < 4.78 is 1.54. The molecule has 1 aliphatic heterocycles. The van der Waals surface area contributed by atoms with Crippen LogP contribution in [0.25, 0.3) is 0 Å². The highest BCUT2D eigenvalue weighted by atomic mass is 35.5. The van der Waals surface area contributed by atoms with Crippen molar-refractivity contribution in [3.05, 3.63) is 47.0 Å². The third-order valence-electron chi connectivity index (χ3n) is 4.73. The van der Waals surface area contributed by atoms with Gasteiger partial charge in [-0.05, 0) is 30.4 Å². The second-order valence-electron chi connectivity index (χ2n) is 6.36. The number of aryl methyl sites for hydroxylation is 1. The molecule has 0 radical (unpaired) electrons. The summed E-state index contributed by atoms with van der Waals surface area (Å²) in [5, 5.41) is 7.67. The first-order valence-electron chi connectivity index (χ1n) is 7.71. The predicted octanol–water partition coefficient (Wildman–Crippen LogP) is 1.84. The summed E-state index contributed by atoms with van der Waals surface area (Å²) in [5.41, 5.74) is 0.215. The fourth-order valence-corrected chi connectivity index (χ4v) is 3.79. The molecule has 2 aromatic rings. The Morgan fingerprint density at radius 3 is 2.75 bits per heavy atom. The molecular weight excluding hydrogens is 330 g/mol.